The molecule has 2 aromatic carbocycles. The Hall–Kier alpha value is -2.96. The van der Waals surface area contributed by atoms with E-state index in [4.69, 9.17) is 11.6 Å². The first-order valence-electron chi connectivity index (χ1n) is 9.68. The van der Waals surface area contributed by atoms with Gasteiger partial charge in [-0.2, -0.15) is 4.57 Å². The molecule has 7 heteroatoms. The lowest BCUT2D eigenvalue weighted by molar-refractivity contribution is -0.688. The summed E-state index contributed by atoms with van der Waals surface area (Å²) in [6, 6.07) is 17.6. The zero-order valence-electron chi connectivity index (χ0n) is 16.2. The lowest BCUT2D eigenvalue weighted by Gasteiger charge is -2.12. The Balaban J connectivity index is 1.70. The number of hydrogen-bond donors (Lipinski definition) is 1. The molecule has 0 radical (unpaired) electrons. The number of aromatic nitrogens is 3. The van der Waals surface area contributed by atoms with Crippen LogP contribution in [0, 0.1) is 0 Å². The van der Waals surface area contributed by atoms with Gasteiger partial charge in [0.05, 0.1) is 18.3 Å². The molecule has 0 aliphatic carbocycles. The number of hydrogen-bond acceptors (Lipinski definition) is 4. The average molecular weight is 437 g/mol. The molecule has 1 aliphatic rings. The zero-order valence-corrected chi connectivity index (χ0v) is 17.8. The molecule has 1 aliphatic heterocycles. The van der Waals surface area contributed by atoms with Crippen LogP contribution in [-0.4, -0.2) is 14.7 Å². The Morgan fingerprint density at radius 3 is 2.60 bits per heavy atom. The van der Waals surface area contributed by atoms with Crippen molar-refractivity contribution in [2.45, 2.75) is 18.9 Å². The highest BCUT2D eigenvalue weighted by atomic mass is 35.5. The predicted octanol–water partition coefficient (Wildman–Crippen LogP) is 4.36. The number of aromatic hydroxyl groups is 1. The van der Waals surface area contributed by atoms with Gasteiger partial charge in [-0.1, -0.05) is 60.1 Å². The first-order valence-corrected chi connectivity index (χ1v) is 10.9. The molecule has 1 atom stereocenters. The van der Waals surface area contributed by atoms with Gasteiger partial charge in [0.15, 0.2) is 10.0 Å². The van der Waals surface area contributed by atoms with Crippen LogP contribution in [0.15, 0.2) is 65.6 Å². The number of rotatable bonds is 3. The van der Waals surface area contributed by atoms with Crippen LogP contribution in [-0.2, 0) is 13.5 Å². The summed E-state index contributed by atoms with van der Waals surface area (Å²) in [7, 11) is 1.80. The van der Waals surface area contributed by atoms with Gasteiger partial charge in [0, 0.05) is 12.6 Å². The second-order valence-corrected chi connectivity index (χ2v) is 9.01. The molecule has 0 fully saturated rings. The van der Waals surface area contributed by atoms with E-state index < -0.39 is 0 Å². The van der Waals surface area contributed by atoms with E-state index in [-0.39, 0.29) is 17.5 Å². The SMILES string of the molecule is C[n+]1c(O)c(-c2cccc(-c3ccccc3)c2)c(=O)n2c1CCC2c1cnc(Cl)s1. The highest BCUT2D eigenvalue weighted by Gasteiger charge is 2.38. The maximum absolute atomic E-state index is 13.6. The second kappa shape index (κ2) is 7.38. The normalized spacial score (nSPS) is 15.3. The lowest BCUT2D eigenvalue weighted by Crippen LogP contribution is -2.42. The summed E-state index contributed by atoms with van der Waals surface area (Å²) in [5.74, 6) is 0.787. The predicted molar refractivity (Wildman–Crippen MR) is 118 cm³/mol. The number of fused-ring (bicyclic) bond motifs is 1. The molecule has 0 amide bonds. The summed E-state index contributed by atoms with van der Waals surface area (Å²) < 4.78 is 3.97. The molecule has 0 saturated carbocycles. The van der Waals surface area contributed by atoms with Crippen LogP contribution in [0.5, 0.6) is 5.88 Å². The highest BCUT2D eigenvalue weighted by molar-refractivity contribution is 7.15. The van der Waals surface area contributed by atoms with Crippen LogP contribution in [0.25, 0.3) is 22.3 Å². The van der Waals surface area contributed by atoms with Crippen LogP contribution >= 0.6 is 22.9 Å². The van der Waals surface area contributed by atoms with Crippen molar-refractivity contribution in [3.8, 4) is 28.1 Å². The molecule has 4 aromatic rings. The van der Waals surface area contributed by atoms with Crippen LogP contribution < -0.4 is 10.1 Å². The topological polar surface area (TPSA) is 59.0 Å². The third-order valence-corrected chi connectivity index (χ3v) is 6.89. The van der Waals surface area contributed by atoms with E-state index >= 15 is 0 Å². The summed E-state index contributed by atoms with van der Waals surface area (Å²) in [6.45, 7) is 0. The number of nitrogens with zero attached hydrogens (tertiary/aromatic N) is 3. The molecule has 0 bridgehead atoms. The standard InChI is InChI=1S/C23H18ClN3O2S/c1-26-19-11-10-17(18-13-25-23(24)30-18)27(19)22(29)20(21(26)28)16-9-5-8-15(12-16)14-6-3-2-4-7-14/h2-9,12-13,17H,10-11H2,1H3/p+1. The summed E-state index contributed by atoms with van der Waals surface area (Å²) in [5.41, 5.74) is 2.85. The fourth-order valence-electron chi connectivity index (χ4n) is 4.21. The Morgan fingerprint density at radius 1 is 1.13 bits per heavy atom. The molecule has 3 heterocycles. The molecule has 150 valence electrons. The van der Waals surface area contributed by atoms with Crippen molar-refractivity contribution in [1.29, 1.82) is 0 Å². The largest absolute Gasteiger partial charge is 0.477 e. The highest BCUT2D eigenvalue weighted by Crippen LogP contribution is 2.36. The van der Waals surface area contributed by atoms with Gasteiger partial charge in [0.25, 0.3) is 11.7 Å². The summed E-state index contributed by atoms with van der Waals surface area (Å²) >= 11 is 7.43. The number of halogens is 1. The van der Waals surface area contributed by atoms with Gasteiger partial charge >= 0.3 is 5.56 Å². The minimum atomic E-state index is -0.196. The molecule has 5 rings (SSSR count). The Morgan fingerprint density at radius 2 is 1.87 bits per heavy atom. The smallest absolute Gasteiger partial charge is 0.349 e. The number of thiazole rings is 1. The lowest BCUT2D eigenvalue weighted by atomic mass is 10.00. The molecule has 1 unspecified atom stereocenters. The first kappa shape index (κ1) is 19.0. The van der Waals surface area contributed by atoms with Crippen molar-refractivity contribution in [1.82, 2.24) is 9.55 Å². The van der Waals surface area contributed by atoms with Crippen LogP contribution in [0.2, 0.25) is 4.47 Å². The van der Waals surface area contributed by atoms with Crippen molar-refractivity contribution in [2.75, 3.05) is 0 Å². The molecular weight excluding hydrogens is 418 g/mol. The van der Waals surface area contributed by atoms with Gasteiger partial charge in [-0.15, -0.1) is 11.3 Å². The van der Waals surface area contributed by atoms with E-state index in [1.165, 1.54) is 11.3 Å². The van der Waals surface area contributed by atoms with E-state index in [9.17, 15) is 9.90 Å². The molecule has 1 N–H and O–H groups in total. The average Bonchev–Trinajstić information content (AvgIpc) is 3.40. The van der Waals surface area contributed by atoms with Crippen LogP contribution in [0.3, 0.4) is 0 Å². The van der Waals surface area contributed by atoms with Crippen molar-refractivity contribution >= 4 is 22.9 Å². The van der Waals surface area contributed by atoms with Crippen molar-refractivity contribution in [2.24, 2.45) is 7.05 Å². The molecule has 30 heavy (non-hydrogen) atoms. The van der Waals surface area contributed by atoms with Gasteiger partial charge < -0.3 is 5.11 Å². The molecule has 2 aromatic heterocycles. The van der Waals surface area contributed by atoms with Crippen LogP contribution in [0.1, 0.15) is 23.2 Å². The van der Waals surface area contributed by atoms with Gasteiger partial charge in [-0.05, 0) is 22.8 Å². The third kappa shape index (κ3) is 3.04. The molecular formula is C23H19ClN3O2S+. The summed E-state index contributed by atoms with van der Waals surface area (Å²) in [6.07, 6.45) is 3.21. The Kier molecular flexibility index (Phi) is 4.68. The number of benzene rings is 2. The monoisotopic (exact) mass is 436 g/mol. The van der Waals surface area contributed by atoms with Crippen molar-refractivity contribution in [3.63, 3.8) is 0 Å². The summed E-state index contributed by atoms with van der Waals surface area (Å²) in [5, 5.41) is 10.9. The van der Waals surface area contributed by atoms with Gasteiger partial charge in [-0.25, -0.2) is 14.3 Å². The maximum Gasteiger partial charge on any atom is 0.349 e. The summed E-state index contributed by atoms with van der Waals surface area (Å²) in [4.78, 5) is 18.7. The minimum absolute atomic E-state index is 0.0144. The molecule has 0 saturated heterocycles. The zero-order chi connectivity index (χ0) is 20.8. The first-order chi connectivity index (χ1) is 14.5. The molecule has 0 spiro atoms. The fraction of sp³-hybridized carbons (Fsp3) is 0.174. The minimum Gasteiger partial charge on any atom is -0.477 e. The van der Waals surface area contributed by atoms with E-state index in [1.54, 1.807) is 22.4 Å². The van der Waals surface area contributed by atoms with Gasteiger partial charge in [0.1, 0.15) is 6.04 Å². The van der Waals surface area contributed by atoms with E-state index in [2.05, 4.69) is 4.98 Å². The van der Waals surface area contributed by atoms with Crippen LogP contribution in [0.4, 0.5) is 0 Å². The van der Waals surface area contributed by atoms with E-state index in [1.807, 2.05) is 54.6 Å². The van der Waals surface area contributed by atoms with Crippen molar-refractivity contribution < 1.29 is 9.67 Å². The van der Waals surface area contributed by atoms with E-state index in [0.29, 0.717) is 22.0 Å². The molecule has 5 nitrogen and oxygen atoms in total. The van der Waals surface area contributed by atoms with Gasteiger partial charge in [0.2, 0.25) is 0 Å². The fourth-order valence-corrected chi connectivity index (χ4v) is 5.30. The third-order valence-electron chi connectivity index (χ3n) is 5.67. The quantitative estimate of drug-likeness (QED) is 0.485. The second-order valence-electron chi connectivity index (χ2n) is 7.37. The maximum atomic E-state index is 13.6. The van der Waals surface area contributed by atoms with Crippen molar-refractivity contribution in [3.05, 3.63) is 86.3 Å². The van der Waals surface area contributed by atoms with E-state index in [0.717, 1.165) is 28.2 Å². The Bertz CT molecular complexity index is 1310. The van der Waals surface area contributed by atoms with Gasteiger partial charge in [-0.3, -0.25) is 0 Å². The Labute approximate surface area is 182 Å².